The Morgan fingerprint density at radius 3 is 2.91 bits per heavy atom. The van der Waals surface area contributed by atoms with Crippen molar-refractivity contribution < 1.29 is 14.6 Å². The van der Waals surface area contributed by atoms with Gasteiger partial charge in [0.2, 0.25) is 0 Å². The molecule has 4 nitrogen and oxygen atoms in total. The van der Waals surface area contributed by atoms with Crippen LogP contribution in [0.4, 0.5) is 4.79 Å². The molecule has 1 fully saturated rings. The van der Waals surface area contributed by atoms with Crippen LogP contribution in [-0.2, 0) is 4.74 Å². The molecule has 0 radical (unpaired) electrons. The zero-order valence-corrected chi connectivity index (χ0v) is 7.06. The molecule has 1 amide bonds. The third-order valence-electron chi connectivity index (χ3n) is 1.54. The lowest BCUT2D eigenvalue weighted by molar-refractivity contribution is 0.138. The number of thioether (sulfide) groups is 1. The van der Waals surface area contributed by atoms with Gasteiger partial charge in [-0.1, -0.05) is 0 Å². The van der Waals surface area contributed by atoms with E-state index in [0.29, 0.717) is 5.75 Å². The van der Waals surface area contributed by atoms with Crippen molar-refractivity contribution in [1.82, 2.24) is 5.32 Å². The number of ether oxygens (including phenoxy) is 1. The first-order valence-electron chi connectivity index (χ1n) is 3.34. The maximum absolute atomic E-state index is 10.7. The van der Waals surface area contributed by atoms with Gasteiger partial charge in [0, 0.05) is 11.5 Å². The first-order valence-corrected chi connectivity index (χ1v) is 4.50. The summed E-state index contributed by atoms with van der Waals surface area (Å²) in [6, 6.07) is -0.146. The van der Waals surface area contributed by atoms with Crippen LogP contribution in [0.2, 0.25) is 0 Å². The van der Waals surface area contributed by atoms with Crippen LogP contribution in [0.15, 0.2) is 0 Å². The van der Waals surface area contributed by atoms with Crippen LogP contribution in [0.25, 0.3) is 0 Å². The molecule has 0 bridgehead atoms. The van der Waals surface area contributed by atoms with Gasteiger partial charge in [-0.15, -0.1) is 0 Å². The minimum Gasteiger partial charge on any atom is -0.453 e. The van der Waals surface area contributed by atoms with Crippen LogP contribution in [-0.4, -0.2) is 42.0 Å². The lowest BCUT2D eigenvalue weighted by Gasteiger charge is -2.13. The topological polar surface area (TPSA) is 58.6 Å². The average Bonchev–Trinajstić information content (AvgIpc) is 2.37. The van der Waals surface area contributed by atoms with Crippen molar-refractivity contribution >= 4 is 17.9 Å². The van der Waals surface area contributed by atoms with E-state index in [1.54, 1.807) is 11.8 Å². The fourth-order valence-electron chi connectivity index (χ4n) is 0.891. The van der Waals surface area contributed by atoms with Crippen LogP contribution in [0.1, 0.15) is 0 Å². The number of aliphatic hydroxyl groups is 1. The van der Waals surface area contributed by atoms with Gasteiger partial charge in [0.15, 0.2) is 0 Å². The summed E-state index contributed by atoms with van der Waals surface area (Å²) in [5.74, 6) is 1.45. The quantitative estimate of drug-likeness (QED) is 0.583. The Bertz CT molecular complexity index is 153. The Balaban J connectivity index is 2.30. The van der Waals surface area contributed by atoms with E-state index in [-0.39, 0.29) is 6.04 Å². The molecule has 0 aliphatic carbocycles. The Morgan fingerprint density at radius 1 is 1.73 bits per heavy atom. The molecule has 0 spiro atoms. The number of nitrogens with one attached hydrogen (secondary N) is 1. The first-order chi connectivity index (χ1) is 5.24. The highest BCUT2D eigenvalue weighted by atomic mass is 32.2. The molecule has 2 atom stereocenters. The van der Waals surface area contributed by atoms with E-state index >= 15 is 0 Å². The lowest BCUT2D eigenvalue weighted by Crippen LogP contribution is -2.42. The van der Waals surface area contributed by atoms with Crippen LogP contribution in [0.3, 0.4) is 0 Å². The predicted octanol–water partition coefficient (Wildman–Crippen LogP) is -0.181. The molecule has 11 heavy (non-hydrogen) atoms. The highest BCUT2D eigenvalue weighted by molar-refractivity contribution is 7.99. The van der Waals surface area contributed by atoms with Crippen LogP contribution in [0, 0.1) is 0 Å². The Labute approximate surface area is 69.3 Å². The number of alkyl carbamates (subject to hydrolysis) is 1. The van der Waals surface area contributed by atoms with Crippen molar-refractivity contribution in [2.24, 2.45) is 0 Å². The van der Waals surface area contributed by atoms with E-state index in [1.165, 1.54) is 7.11 Å². The summed E-state index contributed by atoms with van der Waals surface area (Å²) >= 11 is 1.62. The monoisotopic (exact) mass is 177 g/mol. The Hall–Kier alpha value is -0.420. The second-order valence-electron chi connectivity index (χ2n) is 2.35. The predicted molar refractivity (Wildman–Crippen MR) is 42.7 cm³/mol. The molecule has 5 heteroatoms. The fourth-order valence-corrected chi connectivity index (χ4v) is 2.06. The second kappa shape index (κ2) is 3.82. The van der Waals surface area contributed by atoms with Gasteiger partial charge in [-0.05, 0) is 0 Å². The van der Waals surface area contributed by atoms with E-state index in [0.717, 1.165) is 5.75 Å². The number of hydrogen-bond donors (Lipinski definition) is 2. The second-order valence-corrected chi connectivity index (χ2v) is 3.42. The van der Waals surface area contributed by atoms with Crippen molar-refractivity contribution in [1.29, 1.82) is 0 Å². The van der Waals surface area contributed by atoms with E-state index < -0.39 is 12.2 Å². The number of amides is 1. The molecule has 1 rings (SSSR count). The van der Waals surface area contributed by atoms with Gasteiger partial charge in [-0.2, -0.15) is 11.8 Å². The maximum atomic E-state index is 10.7. The first kappa shape index (κ1) is 8.67. The molecule has 2 N–H and O–H groups in total. The SMILES string of the molecule is COC(=O)N[C@@H]1CSC[C@@H]1O. The summed E-state index contributed by atoms with van der Waals surface area (Å²) in [5, 5.41) is 11.8. The Kier molecular flexibility index (Phi) is 3.02. The van der Waals surface area contributed by atoms with Gasteiger partial charge in [-0.25, -0.2) is 4.79 Å². The molecule has 1 aliphatic heterocycles. The van der Waals surface area contributed by atoms with Crippen LogP contribution >= 0.6 is 11.8 Å². The normalized spacial score (nSPS) is 30.0. The van der Waals surface area contributed by atoms with E-state index in [4.69, 9.17) is 0 Å². The van der Waals surface area contributed by atoms with Crippen molar-refractivity contribution in [3.63, 3.8) is 0 Å². The number of rotatable bonds is 1. The molecule has 0 aromatic heterocycles. The maximum Gasteiger partial charge on any atom is 0.407 e. The van der Waals surface area contributed by atoms with Gasteiger partial charge in [0.1, 0.15) is 0 Å². The summed E-state index contributed by atoms with van der Waals surface area (Å²) < 4.78 is 4.39. The standard InChI is InChI=1S/C6H11NO3S/c1-10-6(9)7-4-2-11-3-5(4)8/h4-5,8H,2-3H2,1H3,(H,7,9)/t4-,5+/m1/s1. The number of carbonyl (C=O) groups is 1. The molecular weight excluding hydrogens is 166 g/mol. The highest BCUT2D eigenvalue weighted by Crippen LogP contribution is 2.17. The molecule has 64 valence electrons. The number of carbonyl (C=O) groups excluding carboxylic acids is 1. The molecule has 1 heterocycles. The number of hydrogen-bond acceptors (Lipinski definition) is 4. The average molecular weight is 177 g/mol. The smallest absolute Gasteiger partial charge is 0.407 e. The number of methoxy groups -OCH3 is 1. The summed E-state index contributed by atoms with van der Waals surface area (Å²) in [6.07, 6.45) is -0.907. The number of aliphatic hydroxyl groups excluding tert-OH is 1. The van der Waals surface area contributed by atoms with Crippen molar-refractivity contribution in [2.75, 3.05) is 18.6 Å². The van der Waals surface area contributed by atoms with Crippen LogP contribution in [0.5, 0.6) is 0 Å². The molecule has 1 aliphatic rings. The molecular formula is C6H11NO3S. The third-order valence-corrected chi connectivity index (χ3v) is 2.71. The summed E-state index contributed by atoms with van der Waals surface area (Å²) in [6.45, 7) is 0. The van der Waals surface area contributed by atoms with E-state index in [2.05, 4.69) is 10.1 Å². The zero-order valence-electron chi connectivity index (χ0n) is 6.24. The largest absolute Gasteiger partial charge is 0.453 e. The Morgan fingerprint density at radius 2 is 2.45 bits per heavy atom. The molecule has 1 saturated heterocycles. The van der Waals surface area contributed by atoms with Crippen molar-refractivity contribution in [3.05, 3.63) is 0 Å². The summed E-state index contributed by atoms with van der Waals surface area (Å²) in [5.41, 5.74) is 0. The highest BCUT2D eigenvalue weighted by Gasteiger charge is 2.27. The van der Waals surface area contributed by atoms with Gasteiger partial charge in [-0.3, -0.25) is 0 Å². The minimum atomic E-state index is -0.475. The third kappa shape index (κ3) is 2.27. The lowest BCUT2D eigenvalue weighted by atomic mass is 10.2. The zero-order chi connectivity index (χ0) is 8.27. The summed E-state index contributed by atoms with van der Waals surface area (Å²) in [7, 11) is 1.31. The molecule has 0 aromatic rings. The fraction of sp³-hybridized carbons (Fsp3) is 0.833. The van der Waals surface area contributed by atoms with E-state index in [9.17, 15) is 9.90 Å². The summed E-state index contributed by atoms with van der Waals surface area (Å²) in [4.78, 5) is 10.7. The molecule has 0 unspecified atom stereocenters. The van der Waals surface area contributed by atoms with Crippen molar-refractivity contribution in [2.45, 2.75) is 12.1 Å². The molecule has 0 aromatic carbocycles. The van der Waals surface area contributed by atoms with Gasteiger partial charge in [0.05, 0.1) is 19.3 Å². The van der Waals surface area contributed by atoms with Gasteiger partial charge < -0.3 is 15.2 Å². The molecule has 0 saturated carbocycles. The van der Waals surface area contributed by atoms with E-state index in [1.807, 2.05) is 0 Å². The van der Waals surface area contributed by atoms with Crippen molar-refractivity contribution in [3.8, 4) is 0 Å². The van der Waals surface area contributed by atoms with Gasteiger partial charge in [0.25, 0.3) is 0 Å². The van der Waals surface area contributed by atoms with Gasteiger partial charge >= 0.3 is 6.09 Å². The minimum absolute atomic E-state index is 0.146. The van der Waals surface area contributed by atoms with Crippen LogP contribution < -0.4 is 5.32 Å².